The van der Waals surface area contributed by atoms with Gasteiger partial charge in [0.25, 0.3) is 0 Å². The summed E-state index contributed by atoms with van der Waals surface area (Å²) in [6.45, 7) is 1.65. The van der Waals surface area contributed by atoms with Gasteiger partial charge in [0.2, 0.25) is 0 Å². The fraction of sp³-hybridized carbons (Fsp3) is 0.800. The number of carboxylic acid groups (broad SMARTS) is 2. The molecule has 0 aromatic heterocycles. The lowest BCUT2D eigenvalue weighted by Crippen LogP contribution is -2.21. The summed E-state index contributed by atoms with van der Waals surface area (Å²) in [5, 5.41) is 14.2. The fourth-order valence-electron chi connectivity index (χ4n) is 0.642. The number of rotatable bonds is 5. The van der Waals surface area contributed by atoms with Crippen LogP contribution in [-0.4, -0.2) is 47.6 Å². The van der Waals surface area contributed by atoms with E-state index in [1.165, 1.54) is 12.8 Å². The summed E-state index contributed by atoms with van der Waals surface area (Å²) in [4.78, 5) is 17.8. The second-order valence-electron chi connectivity index (χ2n) is 3.60. The van der Waals surface area contributed by atoms with Crippen LogP contribution in [0.2, 0.25) is 0 Å². The van der Waals surface area contributed by atoms with Crippen LogP contribution < -0.4 is 11.5 Å². The fourth-order valence-corrected chi connectivity index (χ4v) is 0.642. The Morgan fingerprint density at radius 3 is 0.955 bits per heavy atom. The summed E-state index contributed by atoms with van der Waals surface area (Å²) in [6.07, 6.45) is -5.37. The van der Waals surface area contributed by atoms with E-state index in [0.717, 1.165) is 25.9 Å². The standard InChI is InChI=1S/C6H16N2.2C2HF3O2/c7-5-3-1-2-4-6-8;2*3-2(4,5)1(6)7/h1-8H2;2*(H,6,7). The molecule has 22 heavy (non-hydrogen) atoms. The average Bonchev–Trinajstić information content (AvgIpc) is 2.34. The van der Waals surface area contributed by atoms with E-state index >= 15 is 0 Å². The number of carbonyl (C=O) groups is 2. The molecule has 0 aliphatic rings. The number of hydrogen-bond acceptors (Lipinski definition) is 4. The van der Waals surface area contributed by atoms with Crippen LogP contribution in [-0.2, 0) is 9.59 Å². The Kier molecular flexibility index (Phi) is 15.2. The van der Waals surface area contributed by atoms with Gasteiger partial charge in [0.1, 0.15) is 0 Å². The first-order valence-electron chi connectivity index (χ1n) is 5.81. The van der Waals surface area contributed by atoms with Gasteiger partial charge in [0.15, 0.2) is 0 Å². The number of unbranched alkanes of at least 4 members (excludes halogenated alkanes) is 3. The van der Waals surface area contributed by atoms with Gasteiger partial charge in [-0.05, 0) is 25.9 Å². The summed E-state index contributed by atoms with van der Waals surface area (Å²) in [7, 11) is 0. The van der Waals surface area contributed by atoms with Crippen LogP contribution in [0.3, 0.4) is 0 Å². The third kappa shape index (κ3) is 23.5. The van der Waals surface area contributed by atoms with E-state index < -0.39 is 24.3 Å². The summed E-state index contributed by atoms with van der Waals surface area (Å²) in [5.74, 6) is -5.51. The van der Waals surface area contributed by atoms with E-state index in [1.807, 2.05) is 0 Å². The third-order valence-electron chi connectivity index (χ3n) is 1.64. The molecule has 0 spiro atoms. The smallest absolute Gasteiger partial charge is 0.475 e. The van der Waals surface area contributed by atoms with Crippen LogP contribution >= 0.6 is 0 Å². The molecule has 0 aliphatic heterocycles. The van der Waals surface area contributed by atoms with Gasteiger partial charge >= 0.3 is 24.3 Å². The molecule has 134 valence electrons. The molecule has 0 unspecified atom stereocenters. The first-order valence-corrected chi connectivity index (χ1v) is 5.81. The maximum Gasteiger partial charge on any atom is 0.490 e. The van der Waals surface area contributed by atoms with Gasteiger partial charge in [0.05, 0.1) is 0 Å². The van der Waals surface area contributed by atoms with E-state index in [2.05, 4.69) is 0 Å². The minimum atomic E-state index is -5.08. The summed E-state index contributed by atoms with van der Waals surface area (Å²) < 4.78 is 63.5. The SMILES string of the molecule is NCCCCCCN.O=C(O)C(F)(F)F.O=C(O)C(F)(F)F. The van der Waals surface area contributed by atoms with Crippen LogP contribution in [0.25, 0.3) is 0 Å². The van der Waals surface area contributed by atoms with E-state index in [0.29, 0.717) is 0 Å². The third-order valence-corrected chi connectivity index (χ3v) is 1.64. The molecule has 0 saturated heterocycles. The second-order valence-corrected chi connectivity index (χ2v) is 3.60. The molecule has 0 heterocycles. The lowest BCUT2D eigenvalue weighted by molar-refractivity contribution is -0.193. The molecule has 0 atom stereocenters. The largest absolute Gasteiger partial charge is 0.490 e. The predicted molar refractivity (Wildman–Crippen MR) is 64.0 cm³/mol. The normalized spacial score (nSPS) is 10.7. The molecule has 0 radical (unpaired) electrons. The molecule has 0 bridgehead atoms. The molecule has 12 heteroatoms. The van der Waals surface area contributed by atoms with Crippen molar-refractivity contribution in [3.05, 3.63) is 0 Å². The van der Waals surface area contributed by atoms with Gasteiger partial charge in [-0.25, -0.2) is 9.59 Å². The van der Waals surface area contributed by atoms with Gasteiger partial charge in [-0.15, -0.1) is 0 Å². The van der Waals surface area contributed by atoms with Crippen molar-refractivity contribution in [2.24, 2.45) is 11.5 Å². The Hall–Kier alpha value is -1.56. The van der Waals surface area contributed by atoms with Crippen LogP contribution in [0, 0.1) is 0 Å². The Morgan fingerprint density at radius 2 is 0.864 bits per heavy atom. The van der Waals surface area contributed by atoms with E-state index in [9.17, 15) is 26.3 Å². The molecule has 0 amide bonds. The molecule has 0 saturated carbocycles. The highest BCUT2D eigenvalue weighted by Crippen LogP contribution is 2.13. The van der Waals surface area contributed by atoms with Gasteiger partial charge < -0.3 is 21.7 Å². The highest BCUT2D eigenvalue weighted by atomic mass is 19.4. The minimum Gasteiger partial charge on any atom is -0.475 e. The van der Waals surface area contributed by atoms with Crippen molar-refractivity contribution in [3.8, 4) is 0 Å². The van der Waals surface area contributed by atoms with Gasteiger partial charge in [-0.3, -0.25) is 0 Å². The predicted octanol–water partition coefficient (Wildman–Crippen LogP) is 1.73. The maximum atomic E-state index is 10.6. The quantitative estimate of drug-likeness (QED) is 0.444. The zero-order valence-corrected chi connectivity index (χ0v) is 11.4. The molecular formula is C10H18F6N2O4. The van der Waals surface area contributed by atoms with Crippen molar-refractivity contribution in [2.75, 3.05) is 13.1 Å². The lowest BCUT2D eigenvalue weighted by Gasteiger charge is -1.94. The highest BCUT2D eigenvalue weighted by molar-refractivity contribution is 5.73. The zero-order valence-electron chi connectivity index (χ0n) is 11.4. The molecule has 0 aromatic rings. The summed E-state index contributed by atoms with van der Waals surface area (Å²) >= 11 is 0. The number of hydrogen-bond donors (Lipinski definition) is 4. The van der Waals surface area contributed by atoms with Crippen molar-refractivity contribution >= 4 is 11.9 Å². The Balaban J connectivity index is -0.000000247. The van der Waals surface area contributed by atoms with Crippen LogP contribution in [0.5, 0.6) is 0 Å². The van der Waals surface area contributed by atoms with Gasteiger partial charge in [-0.1, -0.05) is 12.8 Å². The van der Waals surface area contributed by atoms with E-state index in [1.54, 1.807) is 0 Å². The van der Waals surface area contributed by atoms with Crippen molar-refractivity contribution in [1.29, 1.82) is 0 Å². The number of aliphatic carboxylic acids is 2. The zero-order chi connectivity index (χ0) is 18.4. The van der Waals surface area contributed by atoms with Crippen LogP contribution in [0.4, 0.5) is 26.3 Å². The number of carboxylic acids is 2. The minimum absolute atomic E-state index is 0.824. The number of nitrogens with two attached hydrogens (primary N) is 2. The monoisotopic (exact) mass is 344 g/mol. The van der Waals surface area contributed by atoms with E-state index in [-0.39, 0.29) is 0 Å². The molecule has 0 aliphatic carbocycles. The molecule has 6 nitrogen and oxygen atoms in total. The van der Waals surface area contributed by atoms with Gasteiger partial charge in [-0.2, -0.15) is 26.3 Å². The Morgan fingerprint density at radius 1 is 0.682 bits per heavy atom. The van der Waals surface area contributed by atoms with Crippen molar-refractivity contribution in [2.45, 2.75) is 38.0 Å². The van der Waals surface area contributed by atoms with Crippen LogP contribution in [0.15, 0.2) is 0 Å². The topological polar surface area (TPSA) is 127 Å². The van der Waals surface area contributed by atoms with Crippen molar-refractivity contribution in [1.82, 2.24) is 0 Å². The molecule has 6 N–H and O–H groups in total. The van der Waals surface area contributed by atoms with E-state index in [4.69, 9.17) is 31.3 Å². The first-order chi connectivity index (χ1) is 9.80. The summed E-state index contributed by atoms with van der Waals surface area (Å²) in [6, 6.07) is 0. The van der Waals surface area contributed by atoms with Crippen LogP contribution in [0.1, 0.15) is 25.7 Å². The highest BCUT2D eigenvalue weighted by Gasteiger charge is 2.38. The average molecular weight is 344 g/mol. The Labute approximate surface area is 122 Å². The second kappa shape index (κ2) is 13.1. The summed E-state index contributed by atoms with van der Waals surface area (Å²) in [5.41, 5.74) is 10.6. The van der Waals surface area contributed by atoms with Gasteiger partial charge in [0, 0.05) is 0 Å². The number of alkyl halides is 6. The number of halogens is 6. The van der Waals surface area contributed by atoms with Crippen molar-refractivity contribution < 1.29 is 46.1 Å². The molecular weight excluding hydrogens is 326 g/mol. The lowest BCUT2D eigenvalue weighted by atomic mass is 10.2. The molecule has 0 fully saturated rings. The molecule has 0 aromatic carbocycles. The van der Waals surface area contributed by atoms with Crippen molar-refractivity contribution in [3.63, 3.8) is 0 Å². The maximum absolute atomic E-state index is 10.6. The first kappa shape index (κ1) is 25.4. The molecule has 0 rings (SSSR count). The Bertz CT molecular complexity index is 277.